The Morgan fingerprint density at radius 3 is 2.34 bits per heavy atom. The first-order valence-electron chi connectivity index (χ1n) is 11.1. The van der Waals surface area contributed by atoms with Gasteiger partial charge in [-0.2, -0.15) is 9.97 Å². The first kappa shape index (κ1) is 23.6. The second kappa shape index (κ2) is 9.58. The summed E-state index contributed by atoms with van der Waals surface area (Å²) < 4.78 is 0. The summed E-state index contributed by atoms with van der Waals surface area (Å²) in [5.74, 6) is 1.88. The molecule has 11 heteroatoms. The van der Waals surface area contributed by atoms with Gasteiger partial charge in [0, 0.05) is 32.2 Å². The van der Waals surface area contributed by atoms with Crippen LogP contribution in [0.5, 0.6) is 0 Å². The molecule has 1 aliphatic carbocycles. The lowest BCUT2D eigenvalue weighted by Gasteiger charge is -2.43. The molecule has 176 valence electrons. The van der Waals surface area contributed by atoms with Crippen molar-refractivity contribution >= 4 is 36.0 Å². The highest BCUT2D eigenvalue weighted by molar-refractivity contribution is 6.07. The molecule has 0 atom stereocenters. The Kier molecular flexibility index (Phi) is 7.05. The van der Waals surface area contributed by atoms with E-state index in [1.807, 2.05) is 4.90 Å². The van der Waals surface area contributed by atoms with Gasteiger partial charge in [-0.25, -0.2) is 4.79 Å². The number of carboxylic acid groups (broad SMARTS) is 1. The molecule has 1 aromatic heterocycles. The van der Waals surface area contributed by atoms with Gasteiger partial charge >= 0.3 is 6.03 Å². The largest absolute Gasteiger partial charge is 0.483 e. The van der Waals surface area contributed by atoms with Gasteiger partial charge in [0.25, 0.3) is 12.4 Å². The topological polar surface area (TPSA) is 159 Å². The fourth-order valence-corrected chi connectivity index (χ4v) is 4.72. The zero-order valence-corrected chi connectivity index (χ0v) is 18.7. The van der Waals surface area contributed by atoms with E-state index in [0.717, 1.165) is 12.8 Å². The molecule has 2 aliphatic heterocycles. The minimum atomic E-state index is -0.744. The lowest BCUT2D eigenvalue weighted by molar-refractivity contribution is -0.135. The molecule has 3 aliphatic rings. The number of rotatable bonds is 5. The Bertz CT molecular complexity index is 830. The molecule has 0 bridgehead atoms. The predicted molar refractivity (Wildman–Crippen MR) is 120 cm³/mol. The number of carbonyl (C=O) groups excluding carboxylic acids is 2. The summed E-state index contributed by atoms with van der Waals surface area (Å²) in [4.78, 5) is 48.7. The number of urea groups is 1. The molecule has 4 rings (SSSR count). The van der Waals surface area contributed by atoms with E-state index in [2.05, 4.69) is 28.7 Å². The van der Waals surface area contributed by atoms with Crippen molar-refractivity contribution in [2.45, 2.75) is 51.5 Å². The zero-order valence-electron chi connectivity index (χ0n) is 18.7. The van der Waals surface area contributed by atoms with E-state index in [-0.39, 0.29) is 24.4 Å². The number of hydrogen-bond donors (Lipinski definition) is 3. The average molecular weight is 448 g/mol. The minimum absolute atomic E-state index is 0.0172. The number of aromatic nitrogens is 2. The highest BCUT2D eigenvalue weighted by atomic mass is 16.3. The standard InChI is InChI=1S/C20H31N7O2.CH2O2/c1-13(2)11-27-19(29)26(12-14-4-3-5-14)17(28)20(27)6-8-25(9-7-20)16-10-15(21)23-18(22)24-16;2-1-3/h10,13-14H,3-9,11-12H2,1-2H3,(H4,21,22,23,24);1H,(H,2,3). The third-order valence-electron chi connectivity index (χ3n) is 6.50. The molecule has 3 amide bonds. The summed E-state index contributed by atoms with van der Waals surface area (Å²) in [6.07, 6.45) is 4.57. The van der Waals surface area contributed by atoms with Gasteiger partial charge in [0.1, 0.15) is 17.2 Å². The van der Waals surface area contributed by atoms with Crippen LogP contribution >= 0.6 is 0 Å². The maximum absolute atomic E-state index is 13.5. The summed E-state index contributed by atoms with van der Waals surface area (Å²) in [6.45, 7) is 6.31. The quantitative estimate of drug-likeness (QED) is 0.448. The van der Waals surface area contributed by atoms with Gasteiger partial charge < -0.3 is 26.4 Å². The number of piperidine rings is 1. The maximum Gasteiger partial charge on any atom is 0.327 e. The van der Waals surface area contributed by atoms with Gasteiger partial charge in [-0.3, -0.25) is 14.5 Å². The van der Waals surface area contributed by atoms with Crippen LogP contribution in [-0.2, 0) is 9.59 Å². The molecular weight excluding hydrogens is 414 g/mol. The van der Waals surface area contributed by atoms with Crippen molar-refractivity contribution < 1.29 is 19.5 Å². The Morgan fingerprint density at radius 2 is 1.84 bits per heavy atom. The summed E-state index contributed by atoms with van der Waals surface area (Å²) in [5.41, 5.74) is 10.8. The first-order chi connectivity index (χ1) is 15.2. The smallest absolute Gasteiger partial charge is 0.327 e. The van der Waals surface area contributed by atoms with Crippen molar-refractivity contribution in [3.8, 4) is 0 Å². The van der Waals surface area contributed by atoms with Crippen LogP contribution in [0.3, 0.4) is 0 Å². The Balaban J connectivity index is 0.000000913. The van der Waals surface area contributed by atoms with Crippen LogP contribution in [-0.4, -0.2) is 75.0 Å². The van der Waals surface area contributed by atoms with E-state index in [1.165, 1.54) is 11.3 Å². The molecule has 1 saturated carbocycles. The number of hydrogen-bond acceptors (Lipinski definition) is 8. The van der Waals surface area contributed by atoms with Gasteiger partial charge in [0.2, 0.25) is 5.95 Å². The molecule has 5 N–H and O–H groups in total. The molecule has 0 aromatic carbocycles. The van der Waals surface area contributed by atoms with E-state index >= 15 is 0 Å². The van der Waals surface area contributed by atoms with E-state index < -0.39 is 5.54 Å². The summed E-state index contributed by atoms with van der Waals surface area (Å²) in [5, 5.41) is 6.89. The molecule has 3 fully saturated rings. The monoisotopic (exact) mass is 447 g/mol. The number of anilines is 3. The van der Waals surface area contributed by atoms with Gasteiger partial charge in [0.05, 0.1) is 0 Å². The number of carbonyl (C=O) groups is 3. The van der Waals surface area contributed by atoms with Crippen molar-refractivity contribution in [3.63, 3.8) is 0 Å². The highest BCUT2D eigenvalue weighted by Crippen LogP contribution is 2.40. The van der Waals surface area contributed by atoms with E-state index in [0.29, 0.717) is 62.5 Å². The van der Waals surface area contributed by atoms with Crippen molar-refractivity contribution in [1.82, 2.24) is 19.8 Å². The van der Waals surface area contributed by atoms with Gasteiger partial charge in [-0.15, -0.1) is 0 Å². The molecule has 1 spiro atoms. The van der Waals surface area contributed by atoms with Gasteiger partial charge in [0.15, 0.2) is 0 Å². The molecule has 1 aromatic rings. The second-order valence-electron chi connectivity index (χ2n) is 9.13. The van der Waals surface area contributed by atoms with Gasteiger partial charge in [-0.1, -0.05) is 20.3 Å². The number of nitrogen functional groups attached to an aromatic ring is 2. The molecule has 0 unspecified atom stereocenters. The normalized spacial score (nSPS) is 20.4. The number of imide groups is 1. The van der Waals surface area contributed by atoms with Gasteiger partial charge in [-0.05, 0) is 37.5 Å². The number of nitrogens with two attached hydrogens (primary N) is 2. The van der Waals surface area contributed by atoms with E-state index in [1.54, 1.807) is 6.07 Å². The molecule has 11 nitrogen and oxygen atoms in total. The van der Waals surface area contributed by atoms with Crippen molar-refractivity contribution in [3.05, 3.63) is 6.07 Å². The molecule has 2 saturated heterocycles. The van der Waals surface area contributed by atoms with E-state index in [4.69, 9.17) is 21.4 Å². The zero-order chi connectivity index (χ0) is 23.5. The van der Waals surface area contributed by atoms with Crippen LogP contribution in [0.15, 0.2) is 6.07 Å². The summed E-state index contributed by atoms with van der Waals surface area (Å²) >= 11 is 0. The molecular formula is C21H33N7O4. The first-order valence-corrected chi connectivity index (χ1v) is 11.1. The third-order valence-corrected chi connectivity index (χ3v) is 6.50. The van der Waals surface area contributed by atoms with Crippen LogP contribution in [0.1, 0.15) is 46.0 Å². The fraction of sp³-hybridized carbons (Fsp3) is 0.667. The highest BCUT2D eigenvalue weighted by Gasteiger charge is 2.58. The van der Waals surface area contributed by atoms with Crippen molar-refractivity contribution in [2.75, 3.05) is 42.5 Å². The Morgan fingerprint density at radius 1 is 1.22 bits per heavy atom. The van der Waals surface area contributed by atoms with Crippen LogP contribution in [0.25, 0.3) is 0 Å². The minimum Gasteiger partial charge on any atom is -0.483 e. The predicted octanol–water partition coefficient (Wildman–Crippen LogP) is 1.40. The average Bonchev–Trinajstić information content (AvgIpc) is 2.86. The molecule has 0 radical (unpaired) electrons. The Hall–Kier alpha value is -3.11. The number of amides is 3. The van der Waals surface area contributed by atoms with Crippen LogP contribution in [0.2, 0.25) is 0 Å². The van der Waals surface area contributed by atoms with Crippen LogP contribution < -0.4 is 16.4 Å². The summed E-state index contributed by atoms with van der Waals surface area (Å²) in [6, 6.07) is 1.59. The SMILES string of the molecule is CC(C)CN1C(=O)N(CC2CCC2)C(=O)C12CCN(c1cc(N)nc(N)n1)CC2.O=CO. The summed E-state index contributed by atoms with van der Waals surface area (Å²) in [7, 11) is 0. The lowest BCUT2D eigenvalue weighted by Crippen LogP contribution is -2.57. The van der Waals surface area contributed by atoms with Crippen LogP contribution in [0.4, 0.5) is 22.4 Å². The second-order valence-corrected chi connectivity index (χ2v) is 9.13. The molecule has 32 heavy (non-hydrogen) atoms. The lowest BCUT2D eigenvalue weighted by atomic mass is 9.83. The van der Waals surface area contributed by atoms with Crippen molar-refractivity contribution in [2.24, 2.45) is 11.8 Å². The number of nitrogens with zero attached hydrogens (tertiary/aromatic N) is 5. The molecule has 3 heterocycles. The third kappa shape index (κ3) is 4.56. The Labute approximate surface area is 187 Å². The van der Waals surface area contributed by atoms with Crippen LogP contribution in [0, 0.1) is 11.8 Å². The maximum atomic E-state index is 13.5. The fourth-order valence-electron chi connectivity index (χ4n) is 4.72. The van der Waals surface area contributed by atoms with E-state index in [9.17, 15) is 9.59 Å². The van der Waals surface area contributed by atoms with Crippen molar-refractivity contribution in [1.29, 1.82) is 0 Å².